The summed E-state index contributed by atoms with van der Waals surface area (Å²) >= 11 is 0. The first-order valence-corrected chi connectivity index (χ1v) is 12.1. The second-order valence-corrected chi connectivity index (χ2v) is 9.27. The van der Waals surface area contributed by atoms with Crippen molar-refractivity contribution < 1.29 is 9.59 Å². The Morgan fingerprint density at radius 1 is 1.00 bits per heavy atom. The van der Waals surface area contributed by atoms with Crippen LogP contribution in [0.15, 0.2) is 48.5 Å². The van der Waals surface area contributed by atoms with Crippen molar-refractivity contribution in [3.63, 3.8) is 0 Å². The molecule has 5 heteroatoms. The molecule has 1 saturated carbocycles. The van der Waals surface area contributed by atoms with E-state index in [1.807, 2.05) is 55.5 Å². The lowest BCUT2D eigenvalue weighted by atomic mass is 10.0. The second-order valence-electron chi connectivity index (χ2n) is 9.27. The van der Waals surface area contributed by atoms with E-state index < -0.39 is 0 Å². The van der Waals surface area contributed by atoms with Crippen LogP contribution in [-0.2, 0) is 4.79 Å². The molecule has 0 unspecified atom stereocenters. The molecule has 170 valence electrons. The topological polar surface area (TPSA) is 61.4 Å². The third kappa shape index (κ3) is 5.70. The molecular formula is C27H35N3O2. The third-order valence-electron chi connectivity index (χ3n) is 6.87. The van der Waals surface area contributed by atoms with Crippen LogP contribution in [0, 0.1) is 5.92 Å². The first kappa shape index (κ1) is 22.4. The Morgan fingerprint density at radius 3 is 2.44 bits per heavy atom. The molecule has 2 aromatic carbocycles. The summed E-state index contributed by atoms with van der Waals surface area (Å²) < 4.78 is 0. The predicted molar refractivity (Wildman–Crippen MR) is 130 cm³/mol. The minimum absolute atomic E-state index is 0.0369. The van der Waals surface area contributed by atoms with Crippen molar-refractivity contribution in [3.8, 4) is 0 Å². The van der Waals surface area contributed by atoms with E-state index in [1.165, 1.54) is 25.7 Å². The summed E-state index contributed by atoms with van der Waals surface area (Å²) in [6, 6.07) is 15.6. The van der Waals surface area contributed by atoms with E-state index in [4.69, 9.17) is 0 Å². The van der Waals surface area contributed by atoms with Gasteiger partial charge in [0.1, 0.15) is 0 Å². The summed E-state index contributed by atoms with van der Waals surface area (Å²) in [7, 11) is 0. The van der Waals surface area contributed by atoms with Crippen LogP contribution < -0.4 is 15.5 Å². The number of hydrogen-bond acceptors (Lipinski definition) is 3. The highest BCUT2D eigenvalue weighted by Gasteiger charge is 2.22. The molecule has 4 rings (SSSR count). The van der Waals surface area contributed by atoms with Gasteiger partial charge in [-0.15, -0.1) is 0 Å². The fraction of sp³-hybridized carbons (Fsp3) is 0.481. The molecule has 2 aromatic rings. The molecule has 0 aromatic heterocycles. The van der Waals surface area contributed by atoms with Crippen molar-refractivity contribution in [3.05, 3.63) is 59.7 Å². The summed E-state index contributed by atoms with van der Waals surface area (Å²) in [4.78, 5) is 28.1. The summed E-state index contributed by atoms with van der Waals surface area (Å²) in [5, 5.41) is 6.17. The fourth-order valence-electron chi connectivity index (χ4n) is 4.99. The van der Waals surface area contributed by atoms with Crippen LogP contribution in [-0.4, -0.2) is 24.9 Å². The lowest BCUT2D eigenvalue weighted by Gasteiger charge is -2.23. The lowest BCUT2D eigenvalue weighted by molar-refractivity contribution is -0.116. The Bertz CT molecular complexity index is 916. The number of nitrogens with one attached hydrogen (secondary N) is 2. The number of benzene rings is 2. The number of nitrogens with zero attached hydrogens (tertiary/aromatic N) is 1. The molecule has 0 spiro atoms. The average Bonchev–Trinajstić information content (AvgIpc) is 3.53. The van der Waals surface area contributed by atoms with E-state index in [0.29, 0.717) is 23.6 Å². The SMILES string of the molecule is C[C@@H](NC(=O)c1cc(NC(=O)CCC2CCCC2)ccc1N1CCCC1)c1ccccc1. The molecule has 2 aliphatic rings. The fourth-order valence-corrected chi connectivity index (χ4v) is 4.99. The van der Waals surface area contributed by atoms with Gasteiger partial charge in [-0.05, 0) is 55.9 Å². The molecule has 5 nitrogen and oxygen atoms in total. The van der Waals surface area contributed by atoms with Crippen molar-refractivity contribution in [1.29, 1.82) is 0 Å². The molecule has 0 bridgehead atoms. The summed E-state index contributed by atoms with van der Waals surface area (Å²) in [6.45, 7) is 3.92. The molecule has 2 fully saturated rings. The molecule has 1 aliphatic heterocycles. The molecular weight excluding hydrogens is 398 g/mol. The van der Waals surface area contributed by atoms with Gasteiger partial charge in [0.15, 0.2) is 0 Å². The molecule has 1 heterocycles. The maximum absolute atomic E-state index is 13.3. The zero-order valence-electron chi connectivity index (χ0n) is 19.1. The molecule has 0 radical (unpaired) electrons. The van der Waals surface area contributed by atoms with Crippen LogP contribution >= 0.6 is 0 Å². The highest BCUT2D eigenvalue weighted by Crippen LogP contribution is 2.30. The minimum Gasteiger partial charge on any atom is -0.371 e. The number of rotatable bonds is 8. The summed E-state index contributed by atoms with van der Waals surface area (Å²) in [6.07, 6.45) is 8.88. The lowest BCUT2D eigenvalue weighted by Crippen LogP contribution is -2.29. The largest absolute Gasteiger partial charge is 0.371 e. The van der Waals surface area contributed by atoms with Gasteiger partial charge in [0.05, 0.1) is 11.6 Å². The van der Waals surface area contributed by atoms with Crippen molar-refractivity contribution in [2.24, 2.45) is 5.92 Å². The van der Waals surface area contributed by atoms with Crippen molar-refractivity contribution in [2.45, 2.75) is 64.3 Å². The van der Waals surface area contributed by atoms with E-state index in [-0.39, 0.29) is 17.9 Å². The first-order chi connectivity index (χ1) is 15.6. The summed E-state index contributed by atoms with van der Waals surface area (Å²) in [5.74, 6) is 0.624. The van der Waals surface area contributed by atoms with Gasteiger partial charge in [-0.2, -0.15) is 0 Å². The van der Waals surface area contributed by atoms with Gasteiger partial charge in [0, 0.05) is 30.9 Å². The van der Waals surface area contributed by atoms with Gasteiger partial charge >= 0.3 is 0 Å². The highest BCUT2D eigenvalue weighted by molar-refractivity contribution is 6.02. The molecule has 1 atom stereocenters. The maximum Gasteiger partial charge on any atom is 0.253 e. The Morgan fingerprint density at radius 2 is 1.72 bits per heavy atom. The normalized spacial score (nSPS) is 17.3. The molecule has 2 amide bonds. The minimum atomic E-state index is -0.106. The van der Waals surface area contributed by atoms with Crippen LogP contribution in [0.5, 0.6) is 0 Å². The van der Waals surface area contributed by atoms with Gasteiger partial charge in [-0.1, -0.05) is 56.0 Å². The summed E-state index contributed by atoms with van der Waals surface area (Å²) in [5.41, 5.74) is 3.34. The van der Waals surface area contributed by atoms with E-state index >= 15 is 0 Å². The molecule has 32 heavy (non-hydrogen) atoms. The monoisotopic (exact) mass is 433 g/mol. The Balaban J connectivity index is 1.47. The standard InChI is InChI=1S/C27H35N3O2/c1-20(22-11-3-2-4-12-22)28-27(32)24-19-23(14-15-25(24)30-17-7-8-18-30)29-26(31)16-13-21-9-5-6-10-21/h2-4,11-12,14-15,19-21H,5-10,13,16-18H2,1H3,(H,28,32)(H,29,31)/t20-/m1/s1. The molecule has 1 saturated heterocycles. The van der Waals surface area contributed by atoms with E-state index in [0.717, 1.165) is 43.6 Å². The van der Waals surface area contributed by atoms with E-state index in [2.05, 4.69) is 15.5 Å². The van der Waals surface area contributed by atoms with E-state index in [9.17, 15) is 9.59 Å². The van der Waals surface area contributed by atoms with Crippen molar-refractivity contribution in [2.75, 3.05) is 23.3 Å². The van der Waals surface area contributed by atoms with E-state index in [1.54, 1.807) is 0 Å². The number of anilines is 2. The van der Waals surface area contributed by atoms with Gasteiger partial charge in [-0.25, -0.2) is 0 Å². The second kappa shape index (κ2) is 10.7. The Labute approximate surface area is 191 Å². The van der Waals surface area contributed by atoms with Gasteiger partial charge in [0.25, 0.3) is 5.91 Å². The quantitative estimate of drug-likeness (QED) is 0.562. The molecule has 1 aliphatic carbocycles. The van der Waals surface area contributed by atoms with Crippen molar-refractivity contribution in [1.82, 2.24) is 5.32 Å². The van der Waals surface area contributed by atoms with Crippen LogP contribution in [0.2, 0.25) is 0 Å². The van der Waals surface area contributed by atoms with Gasteiger partial charge in [0.2, 0.25) is 5.91 Å². The van der Waals surface area contributed by atoms with Crippen LogP contribution in [0.25, 0.3) is 0 Å². The zero-order valence-corrected chi connectivity index (χ0v) is 19.1. The zero-order chi connectivity index (χ0) is 22.3. The van der Waals surface area contributed by atoms with Crippen LogP contribution in [0.4, 0.5) is 11.4 Å². The highest BCUT2D eigenvalue weighted by atomic mass is 16.2. The smallest absolute Gasteiger partial charge is 0.253 e. The van der Waals surface area contributed by atoms with Gasteiger partial charge in [-0.3, -0.25) is 9.59 Å². The average molecular weight is 434 g/mol. The number of carbonyl (C=O) groups excluding carboxylic acids is 2. The number of hydrogen-bond donors (Lipinski definition) is 2. The van der Waals surface area contributed by atoms with Gasteiger partial charge < -0.3 is 15.5 Å². The maximum atomic E-state index is 13.3. The first-order valence-electron chi connectivity index (χ1n) is 12.1. The van der Waals surface area contributed by atoms with Crippen LogP contribution in [0.1, 0.15) is 80.3 Å². The Hall–Kier alpha value is -2.82. The number of amides is 2. The molecule has 2 N–H and O–H groups in total. The van der Waals surface area contributed by atoms with Crippen molar-refractivity contribution >= 4 is 23.2 Å². The predicted octanol–water partition coefficient (Wildman–Crippen LogP) is 5.69. The van der Waals surface area contributed by atoms with Crippen LogP contribution in [0.3, 0.4) is 0 Å². The third-order valence-corrected chi connectivity index (χ3v) is 6.87. The Kier molecular flexibility index (Phi) is 7.46. The number of carbonyl (C=O) groups is 2.